The van der Waals surface area contributed by atoms with Gasteiger partial charge in [0, 0.05) is 25.7 Å². The summed E-state index contributed by atoms with van der Waals surface area (Å²) >= 11 is 0. The third-order valence-corrected chi connectivity index (χ3v) is 3.53. The number of hydrogen-bond donors (Lipinski definition) is 3. The first-order valence-corrected chi connectivity index (χ1v) is 7.48. The van der Waals surface area contributed by atoms with Crippen molar-refractivity contribution in [2.45, 2.75) is 65.1 Å². The van der Waals surface area contributed by atoms with Gasteiger partial charge in [-0.05, 0) is 47.5 Å². The van der Waals surface area contributed by atoms with E-state index in [-0.39, 0.29) is 18.0 Å². The molecular weight excluding hydrogens is 270 g/mol. The number of carbonyl (C=O) groups is 2. The molecule has 0 bridgehead atoms. The second-order valence-electron chi connectivity index (χ2n) is 7.36. The first kappa shape index (κ1) is 17.8. The van der Waals surface area contributed by atoms with Crippen molar-refractivity contribution >= 4 is 12.0 Å². The van der Waals surface area contributed by atoms with Crippen LogP contribution in [-0.2, 0) is 9.53 Å². The quantitative estimate of drug-likeness (QED) is 0.717. The van der Waals surface area contributed by atoms with E-state index in [0.717, 1.165) is 12.8 Å². The highest BCUT2D eigenvalue weighted by Gasteiger charge is 2.34. The summed E-state index contributed by atoms with van der Waals surface area (Å²) in [5.74, 6) is 0.0257. The molecule has 122 valence electrons. The molecule has 6 nitrogen and oxygen atoms in total. The Hall–Kier alpha value is -1.30. The molecule has 0 atom stereocenters. The van der Waals surface area contributed by atoms with Crippen molar-refractivity contribution in [1.29, 1.82) is 0 Å². The monoisotopic (exact) mass is 299 g/mol. The second kappa shape index (κ2) is 6.64. The molecule has 1 aliphatic rings. The Morgan fingerprint density at radius 1 is 1.10 bits per heavy atom. The molecule has 0 aliphatic heterocycles. The molecule has 0 aromatic carbocycles. The molecule has 2 amide bonds. The third-order valence-electron chi connectivity index (χ3n) is 3.53. The van der Waals surface area contributed by atoms with E-state index in [9.17, 15) is 9.59 Å². The number of hydrogen-bond acceptors (Lipinski definition) is 4. The summed E-state index contributed by atoms with van der Waals surface area (Å²) in [5.41, 5.74) is -0.901. The van der Waals surface area contributed by atoms with E-state index < -0.39 is 11.0 Å². The molecule has 0 unspecified atom stereocenters. The zero-order valence-corrected chi connectivity index (χ0v) is 14.0. The summed E-state index contributed by atoms with van der Waals surface area (Å²) in [4.78, 5) is 23.3. The van der Waals surface area contributed by atoms with E-state index in [1.54, 1.807) is 7.05 Å². The lowest BCUT2D eigenvalue weighted by Gasteiger charge is -2.38. The Balaban J connectivity index is 2.22. The van der Waals surface area contributed by atoms with Crippen LogP contribution >= 0.6 is 0 Å². The molecule has 21 heavy (non-hydrogen) atoms. The zero-order valence-electron chi connectivity index (χ0n) is 14.0. The van der Waals surface area contributed by atoms with Gasteiger partial charge < -0.3 is 20.7 Å². The highest BCUT2D eigenvalue weighted by Crippen LogP contribution is 2.22. The largest absolute Gasteiger partial charge is 0.444 e. The van der Waals surface area contributed by atoms with Gasteiger partial charge in [0.25, 0.3) is 0 Å². The summed E-state index contributed by atoms with van der Waals surface area (Å²) in [7, 11) is 1.65. The minimum Gasteiger partial charge on any atom is -0.444 e. The number of amides is 2. The van der Waals surface area contributed by atoms with Gasteiger partial charge in [-0.2, -0.15) is 0 Å². The van der Waals surface area contributed by atoms with Crippen LogP contribution in [0.15, 0.2) is 0 Å². The van der Waals surface area contributed by atoms with Gasteiger partial charge in [-0.15, -0.1) is 0 Å². The maximum Gasteiger partial charge on any atom is 0.407 e. The van der Waals surface area contributed by atoms with Crippen LogP contribution in [0.25, 0.3) is 0 Å². The smallest absolute Gasteiger partial charge is 0.407 e. The predicted octanol–water partition coefficient (Wildman–Crippen LogP) is 1.40. The molecule has 0 heterocycles. The third kappa shape index (κ3) is 5.91. The van der Waals surface area contributed by atoms with Crippen LogP contribution in [0.3, 0.4) is 0 Å². The van der Waals surface area contributed by atoms with Gasteiger partial charge in [0.15, 0.2) is 0 Å². The lowest BCUT2D eigenvalue weighted by atomic mass is 9.85. The second-order valence-corrected chi connectivity index (χ2v) is 7.36. The number of rotatable bonds is 5. The first-order chi connectivity index (χ1) is 9.53. The highest BCUT2D eigenvalue weighted by atomic mass is 16.6. The van der Waals surface area contributed by atoms with Crippen molar-refractivity contribution in [1.82, 2.24) is 16.0 Å². The summed E-state index contributed by atoms with van der Waals surface area (Å²) in [6.07, 6.45) is 1.36. The van der Waals surface area contributed by atoms with E-state index in [4.69, 9.17) is 4.74 Å². The van der Waals surface area contributed by atoms with Crippen LogP contribution in [0.5, 0.6) is 0 Å². The molecule has 3 N–H and O–H groups in total. The molecular formula is C15H29N3O3. The molecule has 0 saturated heterocycles. The Morgan fingerprint density at radius 3 is 2.14 bits per heavy atom. The van der Waals surface area contributed by atoms with E-state index in [1.165, 1.54) is 0 Å². The fourth-order valence-electron chi connectivity index (χ4n) is 2.19. The molecule has 1 rings (SSSR count). The average molecular weight is 299 g/mol. The van der Waals surface area contributed by atoms with Crippen LogP contribution in [0.4, 0.5) is 4.79 Å². The van der Waals surface area contributed by atoms with E-state index in [2.05, 4.69) is 16.0 Å². The molecule has 0 radical (unpaired) electrons. The van der Waals surface area contributed by atoms with Crippen molar-refractivity contribution in [3.63, 3.8) is 0 Å². The number of carbonyl (C=O) groups excluding carboxylic acids is 2. The SMILES string of the molecule is CNC(=O)C(C)(C)CNC1CC(NC(=O)OC(C)(C)C)C1. The lowest BCUT2D eigenvalue weighted by Crippen LogP contribution is -2.55. The van der Waals surface area contributed by atoms with Crippen molar-refractivity contribution < 1.29 is 14.3 Å². The summed E-state index contributed by atoms with van der Waals surface area (Å²) in [6.45, 7) is 9.98. The molecule has 6 heteroatoms. The van der Waals surface area contributed by atoms with Gasteiger partial charge in [-0.25, -0.2) is 4.79 Å². The molecule has 0 aromatic rings. The Morgan fingerprint density at radius 2 is 1.67 bits per heavy atom. The zero-order chi connectivity index (χ0) is 16.3. The summed E-state index contributed by atoms with van der Waals surface area (Å²) in [6, 6.07) is 0.495. The van der Waals surface area contributed by atoms with Crippen LogP contribution in [-0.4, -0.2) is 43.3 Å². The summed E-state index contributed by atoms with van der Waals surface area (Å²) < 4.78 is 5.22. The molecule has 0 spiro atoms. The van der Waals surface area contributed by atoms with Gasteiger partial charge >= 0.3 is 6.09 Å². The van der Waals surface area contributed by atoms with Gasteiger partial charge in [0.1, 0.15) is 5.60 Å². The molecule has 1 aliphatic carbocycles. The van der Waals surface area contributed by atoms with Crippen LogP contribution < -0.4 is 16.0 Å². The number of nitrogens with one attached hydrogen (secondary N) is 3. The van der Waals surface area contributed by atoms with Crippen molar-refractivity contribution in [3.8, 4) is 0 Å². The van der Waals surface area contributed by atoms with Gasteiger partial charge in [-0.3, -0.25) is 4.79 Å². The molecule has 0 aromatic heterocycles. The highest BCUT2D eigenvalue weighted by molar-refractivity contribution is 5.81. The summed E-state index contributed by atoms with van der Waals surface area (Å²) in [5, 5.41) is 8.90. The first-order valence-electron chi connectivity index (χ1n) is 7.48. The minimum absolute atomic E-state index is 0.0257. The fourth-order valence-corrected chi connectivity index (χ4v) is 2.19. The van der Waals surface area contributed by atoms with Gasteiger partial charge in [-0.1, -0.05) is 0 Å². The standard InChI is InChI=1S/C15H29N3O3/c1-14(2,3)21-13(20)18-11-7-10(8-11)17-9-15(4,5)12(19)16-6/h10-11,17H,7-9H2,1-6H3,(H,16,19)(H,18,20). The maximum atomic E-state index is 11.7. The van der Waals surface area contributed by atoms with Gasteiger partial charge in [0.05, 0.1) is 5.41 Å². The predicted molar refractivity (Wildman–Crippen MR) is 82.0 cm³/mol. The van der Waals surface area contributed by atoms with Gasteiger partial charge in [0.2, 0.25) is 5.91 Å². The van der Waals surface area contributed by atoms with Crippen molar-refractivity contribution in [2.75, 3.05) is 13.6 Å². The number of alkyl carbamates (subject to hydrolysis) is 1. The molecule has 1 saturated carbocycles. The number of ether oxygens (including phenoxy) is 1. The Bertz CT molecular complexity index is 382. The average Bonchev–Trinajstić information content (AvgIpc) is 2.28. The maximum absolute atomic E-state index is 11.7. The molecule has 1 fully saturated rings. The van der Waals surface area contributed by atoms with Crippen LogP contribution in [0, 0.1) is 5.41 Å². The minimum atomic E-state index is -0.469. The lowest BCUT2D eigenvalue weighted by molar-refractivity contribution is -0.128. The van der Waals surface area contributed by atoms with E-state index >= 15 is 0 Å². The van der Waals surface area contributed by atoms with Crippen LogP contribution in [0.2, 0.25) is 0 Å². The topological polar surface area (TPSA) is 79.5 Å². The van der Waals surface area contributed by atoms with E-state index in [0.29, 0.717) is 12.6 Å². The van der Waals surface area contributed by atoms with E-state index in [1.807, 2.05) is 34.6 Å². The van der Waals surface area contributed by atoms with Crippen molar-refractivity contribution in [2.24, 2.45) is 5.41 Å². The van der Waals surface area contributed by atoms with Crippen LogP contribution in [0.1, 0.15) is 47.5 Å². The normalized spacial score (nSPS) is 22.2. The van der Waals surface area contributed by atoms with Crippen molar-refractivity contribution in [3.05, 3.63) is 0 Å². The Kier molecular flexibility index (Phi) is 5.61. The Labute approximate surface area is 127 Å². The fraction of sp³-hybridized carbons (Fsp3) is 0.867.